The average molecular weight is 157 g/mol. The van der Waals surface area contributed by atoms with Crippen LogP contribution in [0.2, 0.25) is 0 Å². The number of nitriles is 1. The van der Waals surface area contributed by atoms with Gasteiger partial charge in [-0.3, -0.25) is 0 Å². The van der Waals surface area contributed by atoms with E-state index in [1.807, 2.05) is 6.07 Å². The Bertz CT molecular complexity index is 358. The Morgan fingerprint density at radius 1 is 1.33 bits per heavy atom. The molecule has 0 fully saturated rings. The highest BCUT2D eigenvalue weighted by molar-refractivity contribution is 5.47. The van der Waals surface area contributed by atoms with E-state index in [0.717, 1.165) is 18.4 Å². The highest BCUT2D eigenvalue weighted by Gasteiger charge is 2.14. The van der Waals surface area contributed by atoms with E-state index in [2.05, 4.69) is 19.1 Å². The molecule has 0 atom stereocenters. The van der Waals surface area contributed by atoms with Gasteiger partial charge in [0.15, 0.2) is 0 Å². The maximum atomic E-state index is 8.88. The van der Waals surface area contributed by atoms with E-state index >= 15 is 0 Å². The van der Waals surface area contributed by atoms with Crippen molar-refractivity contribution in [2.45, 2.75) is 26.2 Å². The summed E-state index contributed by atoms with van der Waals surface area (Å²) in [5.74, 6) is 0. The minimum Gasteiger partial charge on any atom is -0.192 e. The molecule has 2 rings (SSSR count). The van der Waals surface area contributed by atoms with Crippen LogP contribution >= 0.6 is 0 Å². The Hall–Kier alpha value is -1.29. The lowest BCUT2D eigenvalue weighted by Gasteiger charge is -2.02. The third-order valence-corrected chi connectivity index (χ3v) is 2.48. The Labute approximate surface area is 72.6 Å². The molecule has 0 radical (unpaired) electrons. The van der Waals surface area contributed by atoms with E-state index in [1.54, 1.807) is 0 Å². The summed E-state index contributed by atoms with van der Waals surface area (Å²) in [4.78, 5) is 0. The standard InChI is InChI=1S/C11H11N/c1-8-5-9-3-2-4-11(9)10(6-8)7-12/h5-6H,2-4H2,1H3. The molecule has 0 saturated carbocycles. The summed E-state index contributed by atoms with van der Waals surface area (Å²) in [5, 5.41) is 8.88. The van der Waals surface area contributed by atoms with Crippen molar-refractivity contribution in [3.63, 3.8) is 0 Å². The summed E-state index contributed by atoms with van der Waals surface area (Å²) in [5.41, 5.74) is 4.80. The highest BCUT2D eigenvalue weighted by atomic mass is 14.3. The summed E-state index contributed by atoms with van der Waals surface area (Å²) in [6, 6.07) is 6.47. The summed E-state index contributed by atoms with van der Waals surface area (Å²) in [6.45, 7) is 2.06. The SMILES string of the molecule is Cc1cc(C#N)c2c(c1)CCC2. The summed E-state index contributed by atoms with van der Waals surface area (Å²) in [7, 11) is 0. The van der Waals surface area contributed by atoms with Crippen molar-refractivity contribution in [2.75, 3.05) is 0 Å². The monoisotopic (exact) mass is 157 g/mol. The van der Waals surface area contributed by atoms with Crippen molar-refractivity contribution in [1.29, 1.82) is 5.26 Å². The Morgan fingerprint density at radius 2 is 2.17 bits per heavy atom. The first-order chi connectivity index (χ1) is 5.81. The van der Waals surface area contributed by atoms with E-state index in [1.165, 1.54) is 23.1 Å². The molecule has 1 nitrogen and oxygen atoms in total. The molecule has 1 aromatic rings. The Morgan fingerprint density at radius 3 is 2.92 bits per heavy atom. The first-order valence-corrected chi connectivity index (χ1v) is 4.34. The third kappa shape index (κ3) is 1.00. The van der Waals surface area contributed by atoms with E-state index in [0.29, 0.717) is 0 Å². The van der Waals surface area contributed by atoms with Crippen molar-refractivity contribution in [3.8, 4) is 6.07 Å². The number of rotatable bonds is 0. The molecule has 0 aliphatic heterocycles. The van der Waals surface area contributed by atoms with Crippen molar-refractivity contribution in [3.05, 3.63) is 34.4 Å². The Kier molecular flexibility index (Phi) is 1.62. The van der Waals surface area contributed by atoms with Gasteiger partial charge >= 0.3 is 0 Å². The fourth-order valence-electron chi connectivity index (χ4n) is 1.97. The van der Waals surface area contributed by atoms with Crippen LogP contribution in [0, 0.1) is 18.3 Å². The second kappa shape index (κ2) is 2.64. The summed E-state index contributed by atoms with van der Waals surface area (Å²) >= 11 is 0. The molecule has 1 aromatic carbocycles. The van der Waals surface area contributed by atoms with Crippen LogP contribution in [0.25, 0.3) is 0 Å². The van der Waals surface area contributed by atoms with Gasteiger partial charge in [0.25, 0.3) is 0 Å². The zero-order valence-electron chi connectivity index (χ0n) is 7.22. The molecule has 0 bridgehead atoms. The molecule has 1 aliphatic carbocycles. The first kappa shape index (κ1) is 7.36. The molecule has 0 unspecified atom stereocenters. The van der Waals surface area contributed by atoms with E-state index in [9.17, 15) is 0 Å². The van der Waals surface area contributed by atoms with Gasteiger partial charge in [0.05, 0.1) is 11.6 Å². The largest absolute Gasteiger partial charge is 0.192 e. The normalized spacial score (nSPS) is 14.0. The number of benzene rings is 1. The number of nitrogens with zero attached hydrogens (tertiary/aromatic N) is 1. The van der Waals surface area contributed by atoms with Crippen LogP contribution in [0.5, 0.6) is 0 Å². The van der Waals surface area contributed by atoms with E-state index in [-0.39, 0.29) is 0 Å². The zero-order valence-corrected chi connectivity index (χ0v) is 7.22. The quantitative estimate of drug-likeness (QED) is 0.567. The number of hydrogen-bond donors (Lipinski definition) is 0. The predicted octanol–water partition coefficient (Wildman–Crippen LogP) is 2.36. The molecule has 0 saturated heterocycles. The number of fused-ring (bicyclic) bond motifs is 1. The van der Waals surface area contributed by atoms with E-state index in [4.69, 9.17) is 5.26 Å². The molecule has 0 aromatic heterocycles. The molecular formula is C11H11N. The third-order valence-electron chi connectivity index (χ3n) is 2.48. The van der Waals surface area contributed by atoms with Crippen LogP contribution in [0.4, 0.5) is 0 Å². The second-order valence-electron chi connectivity index (χ2n) is 3.42. The van der Waals surface area contributed by atoms with Gasteiger partial charge in [-0.2, -0.15) is 5.26 Å². The molecular weight excluding hydrogens is 146 g/mol. The van der Waals surface area contributed by atoms with Gasteiger partial charge in [-0.05, 0) is 48.9 Å². The van der Waals surface area contributed by atoms with Crippen molar-refractivity contribution in [1.82, 2.24) is 0 Å². The molecule has 1 aliphatic rings. The van der Waals surface area contributed by atoms with Gasteiger partial charge in [0.2, 0.25) is 0 Å². The van der Waals surface area contributed by atoms with Gasteiger partial charge in [0.1, 0.15) is 0 Å². The van der Waals surface area contributed by atoms with Gasteiger partial charge in [-0.25, -0.2) is 0 Å². The van der Waals surface area contributed by atoms with Crippen LogP contribution in [-0.2, 0) is 12.8 Å². The number of hydrogen-bond acceptors (Lipinski definition) is 1. The van der Waals surface area contributed by atoms with Crippen molar-refractivity contribution < 1.29 is 0 Å². The maximum absolute atomic E-state index is 8.88. The zero-order chi connectivity index (χ0) is 8.55. The van der Waals surface area contributed by atoms with Gasteiger partial charge in [-0.15, -0.1) is 0 Å². The molecule has 0 heterocycles. The maximum Gasteiger partial charge on any atom is 0.0994 e. The highest BCUT2D eigenvalue weighted by Crippen LogP contribution is 2.26. The van der Waals surface area contributed by atoms with Crippen LogP contribution in [0.3, 0.4) is 0 Å². The minimum atomic E-state index is 0.891. The molecule has 0 amide bonds. The molecule has 12 heavy (non-hydrogen) atoms. The van der Waals surface area contributed by atoms with Crippen molar-refractivity contribution in [2.24, 2.45) is 0 Å². The summed E-state index contributed by atoms with van der Waals surface area (Å²) in [6.07, 6.45) is 3.47. The van der Waals surface area contributed by atoms with Crippen LogP contribution < -0.4 is 0 Å². The lowest BCUT2D eigenvalue weighted by Crippen LogP contribution is -1.89. The Balaban J connectivity index is 2.64. The number of aryl methyl sites for hydroxylation is 2. The van der Waals surface area contributed by atoms with Crippen LogP contribution in [0.1, 0.15) is 28.7 Å². The van der Waals surface area contributed by atoms with Gasteiger partial charge in [-0.1, -0.05) is 6.07 Å². The topological polar surface area (TPSA) is 23.8 Å². The molecule has 0 N–H and O–H groups in total. The fourth-order valence-corrected chi connectivity index (χ4v) is 1.97. The predicted molar refractivity (Wildman–Crippen MR) is 47.9 cm³/mol. The average Bonchev–Trinajstić information content (AvgIpc) is 2.50. The van der Waals surface area contributed by atoms with Crippen molar-refractivity contribution >= 4 is 0 Å². The summed E-state index contributed by atoms with van der Waals surface area (Å²) < 4.78 is 0. The smallest absolute Gasteiger partial charge is 0.0994 e. The second-order valence-corrected chi connectivity index (χ2v) is 3.42. The lowest BCUT2D eigenvalue weighted by atomic mass is 10.0. The molecule has 0 spiro atoms. The van der Waals surface area contributed by atoms with Crippen LogP contribution in [-0.4, -0.2) is 0 Å². The lowest BCUT2D eigenvalue weighted by molar-refractivity contribution is 0.910. The first-order valence-electron chi connectivity index (χ1n) is 4.34. The fraction of sp³-hybridized carbons (Fsp3) is 0.364. The van der Waals surface area contributed by atoms with Gasteiger partial charge in [0, 0.05) is 0 Å². The van der Waals surface area contributed by atoms with Gasteiger partial charge < -0.3 is 0 Å². The minimum absolute atomic E-state index is 0.891. The molecule has 1 heteroatoms. The van der Waals surface area contributed by atoms with Crippen LogP contribution in [0.15, 0.2) is 12.1 Å². The van der Waals surface area contributed by atoms with E-state index < -0.39 is 0 Å². The molecule has 60 valence electrons.